The number of thioether (sulfide) groups is 1. The minimum absolute atomic E-state index is 0.0723. The van der Waals surface area contributed by atoms with Crippen molar-refractivity contribution in [1.29, 1.82) is 0 Å². The maximum Gasteiger partial charge on any atom is 0.282 e. The topological polar surface area (TPSA) is 95.0 Å². The molecule has 1 aliphatic carbocycles. The van der Waals surface area contributed by atoms with E-state index >= 15 is 0 Å². The van der Waals surface area contributed by atoms with E-state index < -0.39 is 6.10 Å². The van der Waals surface area contributed by atoms with Gasteiger partial charge in [-0.15, -0.1) is 10.2 Å². The van der Waals surface area contributed by atoms with Crippen molar-refractivity contribution in [2.75, 3.05) is 12.3 Å². The Morgan fingerprint density at radius 2 is 2.03 bits per heavy atom. The van der Waals surface area contributed by atoms with Crippen LogP contribution < -0.4 is 0 Å². The molecule has 4 rings (SSSR count). The summed E-state index contributed by atoms with van der Waals surface area (Å²) in [5.41, 5.74) is 1.06. The molecule has 30 heavy (non-hydrogen) atoms. The Kier molecular flexibility index (Phi) is 6.84. The zero-order valence-electron chi connectivity index (χ0n) is 17.1. The van der Waals surface area contributed by atoms with Gasteiger partial charge >= 0.3 is 0 Å². The number of benzene rings is 1. The molecule has 2 atom stereocenters. The molecule has 1 saturated heterocycles. The summed E-state index contributed by atoms with van der Waals surface area (Å²) in [5, 5.41) is 24.9. The predicted octanol–water partition coefficient (Wildman–Crippen LogP) is 3.49. The largest absolute Gasteiger partial charge is 0.388 e. The van der Waals surface area contributed by atoms with E-state index in [0.29, 0.717) is 0 Å². The highest BCUT2D eigenvalue weighted by molar-refractivity contribution is 8.13. The summed E-state index contributed by atoms with van der Waals surface area (Å²) < 4.78 is 0. The van der Waals surface area contributed by atoms with Crippen LogP contribution >= 0.6 is 11.8 Å². The Balaban J connectivity index is 1.23. The van der Waals surface area contributed by atoms with Gasteiger partial charge in [-0.3, -0.25) is 4.79 Å². The number of aromatic nitrogens is 4. The van der Waals surface area contributed by atoms with E-state index in [0.717, 1.165) is 63.1 Å². The van der Waals surface area contributed by atoms with Crippen LogP contribution in [-0.2, 0) is 11.8 Å². The molecule has 2 aromatic rings. The van der Waals surface area contributed by atoms with Crippen molar-refractivity contribution in [3.63, 3.8) is 0 Å². The Labute approximate surface area is 181 Å². The van der Waals surface area contributed by atoms with Crippen molar-refractivity contribution in [2.45, 2.75) is 62.5 Å². The highest BCUT2D eigenvalue weighted by atomic mass is 32.2. The summed E-state index contributed by atoms with van der Waals surface area (Å²) in [6.07, 6.45) is 10.5. The van der Waals surface area contributed by atoms with E-state index in [2.05, 4.69) is 32.8 Å². The summed E-state index contributed by atoms with van der Waals surface area (Å²) in [5.74, 6) is 1.52. The van der Waals surface area contributed by atoms with Crippen LogP contribution in [0.4, 0.5) is 4.79 Å². The molecule has 8 heteroatoms. The third kappa shape index (κ3) is 4.92. The molecule has 7 nitrogen and oxygen atoms in total. The number of unbranched alkanes of at least 4 members (excludes halogenated alkanes) is 3. The number of carbonyl (C=O) groups excluding carboxylic acids is 1. The number of H-pyrrole nitrogens is 1. The van der Waals surface area contributed by atoms with Crippen LogP contribution in [0.15, 0.2) is 42.5 Å². The van der Waals surface area contributed by atoms with Crippen molar-refractivity contribution in [1.82, 2.24) is 25.5 Å². The van der Waals surface area contributed by atoms with Crippen LogP contribution in [0, 0.1) is 0 Å². The minimum atomic E-state index is -0.507. The van der Waals surface area contributed by atoms with E-state index in [4.69, 9.17) is 0 Å². The average molecular weight is 428 g/mol. The number of nitrogens with zero attached hydrogens (tertiary/aromatic N) is 4. The van der Waals surface area contributed by atoms with Crippen molar-refractivity contribution in [3.05, 3.63) is 53.9 Å². The van der Waals surface area contributed by atoms with Crippen LogP contribution in [0.25, 0.3) is 0 Å². The second kappa shape index (κ2) is 9.75. The second-order valence-electron chi connectivity index (χ2n) is 8.18. The van der Waals surface area contributed by atoms with Crippen LogP contribution in [0.1, 0.15) is 49.9 Å². The highest BCUT2D eigenvalue weighted by Crippen LogP contribution is 2.51. The standard InChI is InChI=1S/C22H29N5O2S/c28-19(22(13-14-22)17-8-4-3-5-9-17)12-11-18-16-30-21(29)27(18)15-7-2-1-6-10-20-23-25-26-24-20/h3-5,8-9,11-12,18-19,28H,1-2,6-7,10,13-16H2,(H,23,24,25,26)/b12-11+. The molecule has 0 bridgehead atoms. The SMILES string of the molecule is O=C1SCC(/C=C/C(O)C2(c3ccccc3)CC2)N1CCCCCCc1nn[nH]n1. The van der Waals surface area contributed by atoms with Gasteiger partial charge in [-0.05, 0) is 31.2 Å². The third-order valence-electron chi connectivity index (χ3n) is 6.17. The number of aliphatic hydroxyl groups excluding tert-OH is 1. The number of amides is 1. The van der Waals surface area contributed by atoms with Gasteiger partial charge in [-0.2, -0.15) is 5.21 Å². The first-order chi connectivity index (χ1) is 14.7. The van der Waals surface area contributed by atoms with Gasteiger partial charge < -0.3 is 10.0 Å². The third-order valence-corrected chi connectivity index (χ3v) is 7.16. The zero-order chi connectivity index (χ0) is 20.8. The minimum Gasteiger partial charge on any atom is -0.388 e. The molecule has 2 fully saturated rings. The molecule has 0 spiro atoms. The van der Waals surface area contributed by atoms with E-state index in [1.165, 1.54) is 17.3 Å². The molecule has 1 aromatic heterocycles. The molecular formula is C22H29N5O2S. The van der Waals surface area contributed by atoms with Gasteiger partial charge in [0.15, 0.2) is 5.82 Å². The van der Waals surface area contributed by atoms with E-state index in [-0.39, 0.29) is 16.7 Å². The molecule has 1 amide bonds. The Morgan fingerprint density at radius 1 is 1.23 bits per heavy atom. The number of tetrazole rings is 1. The van der Waals surface area contributed by atoms with Crippen LogP contribution in [0.5, 0.6) is 0 Å². The van der Waals surface area contributed by atoms with Gasteiger partial charge in [0.25, 0.3) is 5.24 Å². The Bertz CT molecular complexity index is 838. The van der Waals surface area contributed by atoms with Crippen molar-refractivity contribution < 1.29 is 9.90 Å². The average Bonchev–Trinajstić information content (AvgIpc) is 3.28. The molecule has 0 radical (unpaired) electrons. The molecule has 1 aromatic carbocycles. The van der Waals surface area contributed by atoms with E-state index in [9.17, 15) is 9.90 Å². The number of carbonyl (C=O) groups is 1. The van der Waals surface area contributed by atoms with Crippen LogP contribution in [-0.4, -0.2) is 60.3 Å². The van der Waals surface area contributed by atoms with Gasteiger partial charge in [-0.25, -0.2) is 0 Å². The molecule has 2 heterocycles. The predicted molar refractivity (Wildman–Crippen MR) is 117 cm³/mol. The molecule has 1 aliphatic heterocycles. The normalized spacial score (nSPS) is 21.4. The van der Waals surface area contributed by atoms with E-state index in [1.54, 1.807) is 0 Å². The fourth-order valence-corrected chi connectivity index (χ4v) is 5.16. The fraction of sp³-hybridized carbons (Fsp3) is 0.545. The fourth-order valence-electron chi connectivity index (χ4n) is 4.17. The number of rotatable bonds is 11. The zero-order valence-corrected chi connectivity index (χ0v) is 17.9. The smallest absolute Gasteiger partial charge is 0.282 e. The maximum absolute atomic E-state index is 12.3. The highest BCUT2D eigenvalue weighted by Gasteiger charge is 2.49. The van der Waals surface area contributed by atoms with Crippen LogP contribution in [0.2, 0.25) is 0 Å². The molecule has 2 aliphatic rings. The summed E-state index contributed by atoms with van der Waals surface area (Å²) in [6, 6.07) is 10.3. The molecule has 2 unspecified atom stereocenters. The van der Waals surface area contributed by atoms with Gasteiger partial charge in [0, 0.05) is 24.1 Å². The first-order valence-corrected chi connectivity index (χ1v) is 11.8. The van der Waals surface area contributed by atoms with Gasteiger partial charge in [0.2, 0.25) is 0 Å². The Morgan fingerprint density at radius 3 is 2.77 bits per heavy atom. The van der Waals surface area contributed by atoms with Gasteiger partial charge in [0.05, 0.1) is 12.1 Å². The second-order valence-corrected chi connectivity index (χ2v) is 9.15. The lowest BCUT2D eigenvalue weighted by Crippen LogP contribution is -2.33. The summed E-state index contributed by atoms with van der Waals surface area (Å²) >= 11 is 1.38. The summed E-state index contributed by atoms with van der Waals surface area (Å²) in [7, 11) is 0. The number of aryl methyl sites for hydroxylation is 1. The summed E-state index contributed by atoms with van der Waals surface area (Å²) in [4.78, 5) is 14.3. The van der Waals surface area contributed by atoms with Crippen LogP contribution in [0.3, 0.4) is 0 Å². The summed E-state index contributed by atoms with van der Waals surface area (Å²) in [6.45, 7) is 0.767. The molecular weight excluding hydrogens is 398 g/mol. The quantitative estimate of drug-likeness (QED) is 0.421. The monoisotopic (exact) mass is 427 g/mol. The van der Waals surface area contributed by atoms with Gasteiger partial charge in [-0.1, -0.05) is 72.3 Å². The first-order valence-electron chi connectivity index (χ1n) is 10.8. The number of aliphatic hydroxyl groups is 1. The maximum atomic E-state index is 12.3. The number of nitrogens with one attached hydrogen (secondary N) is 1. The first kappa shape index (κ1) is 21.1. The van der Waals surface area contributed by atoms with Crippen molar-refractivity contribution in [2.24, 2.45) is 0 Å². The number of aromatic amines is 1. The number of hydrogen-bond donors (Lipinski definition) is 2. The number of hydrogen-bond acceptors (Lipinski definition) is 6. The molecule has 2 N–H and O–H groups in total. The molecule has 160 valence electrons. The van der Waals surface area contributed by atoms with Gasteiger partial charge in [0.1, 0.15) is 0 Å². The lowest BCUT2D eigenvalue weighted by Gasteiger charge is -2.23. The Hall–Kier alpha value is -2.19. The lowest BCUT2D eigenvalue weighted by molar-refractivity contribution is 0.177. The van der Waals surface area contributed by atoms with E-state index in [1.807, 2.05) is 35.3 Å². The van der Waals surface area contributed by atoms with Crippen molar-refractivity contribution in [3.8, 4) is 0 Å². The lowest BCUT2D eigenvalue weighted by atomic mass is 9.89. The van der Waals surface area contributed by atoms with Crippen molar-refractivity contribution >= 4 is 17.0 Å². The molecule has 1 saturated carbocycles.